The van der Waals surface area contributed by atoms with Crippen molar-refractivity contribution in [3.8, 4) is 0 Å². The Morgan fingerprint density at radius 2 is 2.33 bits per heavy atom. The summed E-state index contributed by atoms with van der Waals surface area (Å²) in [7, 11) is 0. The van der Waals surface area contributed by atoms with Crippen molar-refractivity contribution in [2.75, 3.05) is 12.3 Å². The molecule has 0 aromatic heterocycles. The first-order valence-corrected chi connectivity index (χ1v) is 5.25. The highest BCUT2D eigenvalue weighted by Gasteiger charge is 2.18. The lowest BCUT2D eigenvalue weighted by molar-refractivity contribution is -0.153. The first-order chi connectivity index (χ1) is 7.06. The van der Waals surface area contributed by atoms with Crippen molar-refractivity contribution < 1.29 is 14.6 Å². The molecule has 0 saturated carbocycles. The number of nitrogen functional groups attached to an aromatic ring is 1. The highest BCUT2D eigenvalue weighted by molar-refractivity contribution is 9.10. The second kappa shape index (κ2) is 5.14. The van der Waals surface area contributed by atoms with E-state index in [-0.39, 0.29) is 6.61 Å². The summed E-state index contributed by atoms with van der Waals surface area (Å²) >= 11 is 3.22. The molecule has 0 saturated heterocycles. The van der Waals surface area contributed by atoms with Gasteiger partial charge in [-0.1, -0.05) is 6.07 Å². The third-order valence-electron chi connectivity index (χ3n) is 1.85. The van der Waals surface area contributed by atoms with Crippen molar-refractivity contribution in [1.29, 1.82) is 0 Å². The number of hydrogen-bond acceptors (Lipinski definition) is 4. The predicted octanol–water partition coefficient (Wildman–Crippen LogP) is 1.63. The van der Waals surface area contributed by atoms with E-state index < -0.39 is 12.1 Å². The van der Waals surface area contributed by atoms with Crippen LogP contribution in [0.2, 0.25) is 0 Å². The Balaban J connectivity index is 2.86. The standard InChI is InChI=1S/C10H12BrNO3/c1-2-15-10(14)9(13)6-3-4-7(11)8(12)5-6/h3-5,9,13H,2,12H2,1H3. The van der Waals surface area contributed by atoms with Crippen LogP contribution in [-0.2, 0) is 9.53 Å². The zero-order valence-electron chi connectivity index (χ0n) is 8.24. The summed E-state index contributed by atoms with van der Waals surface area (Å²) in [6.45, 7) is 1.92. The highest BCUT2D eigenvalue weighted by atomic mass is 79.9. The molecule has 1 atom stereocenters. The van der Waals surface area contributed by atoms with E-state index in [1.165, 1.54) is 6.07 Å². The normalized spacial score (nSPS) is 12.2. The Bertz CT molecular complexity index is 368. The van der Waals surface area contributed by atoms with Crippen LogP contribution in [0.3, 0.4) is 0 Å². The van der Waals surface area contributed by atoms with Gasteiger partial charge in [0, 0.05) is 10.2 Å². The van der Waals surface area contributed by atoms with Crippen molar-refractivity contribution in [2.45, 2.75) is 13.0 Å². The van der Waals surface area contributed by atoms with Gasteiger partial charge in [-0.25, -0.2) is 4.79 Å². The molecule has 0 heterocycles. The molecule has 0 aliphatic rings. The van der Waals surface area contributed by atoms with Crippen LogP contribution < -0.4 is 5.73 Å². The minimum absolute atomic E-state index is 0.238. The first-order valence-electron chi connectivity index (χ1n) is 4.46. The molecule has 0 aliphatic carbocycles. The molecule has 1 rings (SSSR count). The average Bonchev–Trinajstić information content (AvgIpc) is 2.21. The van der Waals surface area contributed by atoms with Crippen LogP contribution in [0.4, 0.5) is 5.69 Å². The van der Waals surface area contributed by atoms with Crippen molar-refractivity contribution in [3.05, 3.63) is 28.2 Å². The Hall–Kier alpha value is -1.07. The monoisotopic (exact) mass is 273 g/mol. The lowest BCUT2D eigenvalue weighted by atomic mass is 10.1. The summed E-state index contributed by atoms with van der Waals surface area (Å²) in [6, 6.07) is 4.82. The second-order valence-corrected chi connectivity index (χ2v) is 3.79. The lowest BCUT2D eigenvalue weighted by Gasteiger charge is -2.10. The van der Waals surface area contributed by atoms with Gasteiger partial charge in [-0.15, -0.1) is 0 Å². The molecule has 1 aromatic rings. The second-order valence-electron chi connectivity index (χ2n) is 2.94. The number of rotatable bonds is 3. The van der Waals surface area contributed by atoms with Gasteiger partial charge in [-0.05, 0) is 40.5 Å². The van der Waals surface area contributed by atoms with E-state index in [0.29, 0.717) is 11.3 Å². The molecule has 3 N–H and O–H groups in total. The van der Waals surface area contributed by atoms with E-state index in [2.05, 4.69) is 20.7 Å². The average molecular weight is 274 g/mol. The van der Waals surface area contributed by atoms with Crippen LogP contribution >= 0.6 is 15.9 Å². The molecule has 5 heteroatoms. The predicted molar refractivity (Wildman–Crippen MR) is 60.1 cm³/mol. The summed E-state index contributed by atoms with van der Waals surface area (Å²) in [6.07, 6.45) is -1.28. The third-order valence-corrected chi connectivity index (χ3v) is 2.57. The van der Waals surface area contributed by atoms with E-state index in [0.717, 1.165) is 4.47 Å². The molecule has 1 aromatic carbocycles. The largest absolute Gasteiger partial charge is 0.464 e. The quantitative estimate of drug-likeness (QED) is 0.649. The fraction of sp³-hybridized carbons (Fsp3) is 0.300. The maximum atomic E-state index is 11.2. The molecule has 1 unspecified atom stereocenters. The van der Waals surface area contributed by atoms with Gasteiger partial charge >= 0.3 is 5.97 Å². The molecule has 0 spiro atoms. The van der Waals surface area contributed by atoms with Gasteiger partial charge in [0.25, 0.3) is 0 Å². The topological polar surface area (TPSA) is 72.5 Å². The summed E-state index contributed by atoms with van der Waals surface area (Å²) in [5.41, 5.74) is 6.52. The van der Waals surface area contributed by atoms with Crippen LogP contribution in [0, 0.1) is 0 Å². The number of halogens is 1. The molecular formula is C10H12BrNO3. The lowest BCUT2D eigenvalue weighted by Crippen LogP contribution is -2.15. The van der Waals surface area contributed by atoms with Gasteiger partial charge in [0.05, 0.1) is 6.61 Å². The number of nitrogens with two attached hydrogens (primary N) is 1. The van der Waals surface area contributed by atoms with Crippen LogP contribution in [0.25, 0.3) is 0 Å². The Kier molecular flexibility index (Phi) is 4.11. The van der Waals surface area contributed by atoms with Crippen LogP contribution in [0.5, 0.6) is 0 Å². The van der Waals surface area contributed by atoms with Crippen molar-refractivity contribution in [1.82, 2.24) is 0 Å². The molecule has 82 valence electrons. The summed E-state index contributed by atoms with van der Waals surface area (Å²) in [4.78, 5) is 11.2. The molecule has 0 fully saturated rings. The summed E-state index contributed by atoms with van der Waals surface area (Å²) in [5, 5.41) is 9.59. The van der Waals surface area contributed by atoms with Crippen molar-refractivity contribution in [2.24, 2.45) is 0 Å². The number of esters is 1. The van der Waals surface area contributed by atoms with Gasteiger partial charge < -0.3 is 15.6 Å². The van der Waals surface area contributed by atoms with E-state index in [9.17, 15) is 9.90 Å². The number of anilines is 1. The Labute approximate surface area is 96.2 Å². The zero-order chi connectivity index (χ0) is 11.4. The molecule has 0 amide bonds. The van der Waals surface area contributed by atoms with Crippen molar-refractivity contribution in [3.63, 3.8) is 0 Å². The Morgan fingerprint density at radius 1 is 1.67 bits per heavy atom. The zero-order valence-corrected chi connectivity index (χ0v) is 9.82. The number of carbonyl (C=O) groups is 1. The molecule has 0 bridgehead atoms. The van der Waals surface area contributed by atoms with Gasteiger partial charge in [-0.3, -0.25) is 0 Å². The molecule has 4 nitrogen and oxygen atoms in total. The van der Waals surface area contributed by atoms with E-state index in [1.807, 2.05) is 0 Å². The molecular weight excluding hydrogens is 262 g/mol. The van der Waals surface area contributed by atoms with E-state index in [1.54, 1.807) is 19.1 Å². The third kappa shape index (κ3) is 2.94. The first kappa shape index (κ1) is 12.0. The maximum absolute atomic E-state index is 11.2. The minimum atomic E-state index is -1.28. The fourth-order valence-corrected chi connectivity index (χ4v) is 1.34. The van der Waals surface area contributed by atoms with Gasteiger partial charge in [-0.2, -0.15) is 0 Å². The van der Waals surface area contributed by atoms with Crippen LogP contribution in [0.15, 0.2) is 22.7 Å². The minimum Gasteiger partial charge on any atom is -0.464 e. The molecule has 15 heavy (non-hydrogen) atoms. The van der Waals surface area contributed by atoms with Crippen LogP contribution in [0.1, 0.15) is 18.6 Å². The highest BCUT2D eigenvalue weighted by Crippen LogP contribution is 2.24. The maximum Gasteiger partial charge on any atom is 0.339 e. The smallest absolute Gasteiger partial charge is 0.339 e. The number of aliphatic hydroxyl groups excluding tert-OH is 1. The number of ether oxygens (including phenoxy) is 1. The molecule has 0 aliphatic heterocycles. The number of aliphatic hydroxyl groups is 1. The van der Waals surface area contributed by atoms with Crippen molar-refractivity contribution >= 4 is 27.6 Å². The summed E-state index contributed by atoms with van der Waals surface area (Å²) in [5.74, 6) is -0.667. The summed E-state index contributed by atoms with van der Waals surface area (Å²) < 4.78 is 5.41. The number of benzene rings is 1. The van der Waals surface area contributed by atoms with E-state index in [4.69, 9.17) is 5.73 Å². The fourth-order valence-electron chi connectivity index (χ4n) is 1.09. The SMILES string of the molecule is CCOC(=O)C(O)c1ccc(Br)c(N)c1. The molecule has 0 radical (unpaired) electrons. The number of carbonyl (C=O) groups excluding carboxylic acids is 1. The van der Waals surface area contributed by atoms with Gasteiger partial charge in [0.15, 0.2) is 6.10 Å². The van der Waals surface area contributed by atoms with Gasteiger partial charge in [0.2, 0.25) is 0 Å². The Morgan fingerprint density at radius 3 is 2.87 bits per heavy atom. The number of hydrogen-bond donors (Lipinski definition) is 2. The van der Waals surface area contributed by atoms with E-state index >= 15 is 0 Å². The van der Waals surface area contributed by atoms with Crippen LogP contribution in [-0.4, -0.2) is 17.7 Å². The van der Waals surface area contributed by atoms with Gasteiger partial charge in [0.1, 0.15) is 0 Å².